The van der Waals surface area contributed by atoms with E-state index < -0.39 is 0 Å². The number of nitrogens with one attached hydrogen (secondary N) is 1. The molecule has 1 aromatic carbocycles. The van der Waals surface area contributed by atoms with Gasteiger partial charge in [-0.05, 0) is 48.7 Å². The van der Waals surface area contributed by atoms with Crippen molar-refractivity contribution in [2.24, 2.45) is 0 Å². The summed E-state index contributed by atoms with van der Waals surface area (Å²) in [6, 6.07) is 8.08. The van der Waals surface area contributed by atoms with E-state index in [1.54, 1.807) is 11.9 Å². The van der Waals surface area contributed by atoms with E-state index in [2.05, 4.69) is 33.8 Å². The summed E-state index contributed by atoms with van der Waals surface area (Å²) in [5, 5.41) is 0. The van der Waals surface area contributed by atoms with E-state index in [1.165, 1.54) is 0 Å². The summed E-state index contributed by atoms with van der Waals surface area (Å²) in [6.07, 6.45) is 0. The Morgan fingerprint density at radius 2 is 1.93 bits per heavy atom. The first-order valence-electron chi connectivity index (χ1n) is 4.56. The van der Waals surface area contributed by atoms with Crippen LogP contribution < -0.4 is 4.72 Å². The van der Waals surface area contributed by atoms with Crippen molar-refractivity contribution in [2.75, 3.05) is 10.5 Å². The third-order valence-corrected chi connectivity index (χ3v) is 3.29. The molecule has 0 saturated heterocycles. The Morgan fingerprint density at radius 3 is 2.47 bits per heavy atom. The minimum Gasteiger partial charge on any atom is -0.329 e. The first-order valence-corrected chi connectivity index (χ1v) is 6.34. The van der Waals surface area contributed by atoms with Gasteiger partial charge >= 0.3 is 0 Å². The van der Waals surface area contributed by atoms with Crippen LogP contribution in [0.3, 0.4) is 0 Å². The molecule has 0 saturated carbocycles. The summed E-state index contributed by atoms with van der Waals surface area (Å²) in [5.74, 6) is 0.853. The zero-order valence-electron chi connectivity index (χ0n) is 8.72. The molecule has 1 nitrogen and oxygen atoms in total. The second-order valence-electron chi connectivity index (χ2n) is 3.28. The van der Waals surface area contributed by atoms with Crippen LogP contribution >= 0.6 is 27.9 Å². The molecule has 0 atom stereocenters. The molecule has 0 aliphatic heterocycles. The van der Waals surface area contributed by atoms with Crippen molar-refractivity contribution in [3.63, 3.8) is 0 Å². The Kier molecular flexibility index (Phi) is 4.99. The van der Waals surface area contributed by atoms with Crippen LogP contribution in [0.4, 0.5) is 5.69 Å². The number of rotatable bonds is 5. The number of anilines is 1. The fourth-order valence-electron chi connectivity index (χ4n) is 0.848. The molecule has 80 valence electrons. The summed E-state index contributed by atoms with van der Waals surface area (Å²) in [5.41, 5.74) is 3.21. The van der Waals surface area contributed by atoms with Gasteiger partial charge in [0, 0.05) is 15.9 Å². The molecule has 1 aromatic rings. The van der Waals surface area contributed by atoms with E-state index in [-0.39, 0.29) is 0 Å². The first kappa shape index (κ1) is 12.4. The summed E-state index contributed by atoms with van der Waals surface area (Å²) < 4.78 is 4.34. The van der Waals surface area contributed by atoms with Gasteiger partial charge in [-0.3, -0.25) is 0 Å². The number of halogens is 1. The highest BCUT2D eigenvalue weighted by atomic mass is 79.9. The Labute approximate surface area is 104 Å². The maximum atomic E-state index is 3.93. The molecular weight excluding hydrogens is 270 g/mol. The van der Waals surface area contributed by atoms with E-state index in [0.29, 0.717) is 0 Å². The molecule has 0 fully saturated rings. The van der Waals surface area contributed by atoms with Crippen molar-refractivity contribution >= 4 is 33.6 Å². The molecule has 0 aromatic heterocycles. The van der Waals surface area contributed by atoms with Gasteiger partial charge in [0.05, 0.1) is 0 Å². The molecule has 0 unspecified atom stereocenters. The molecule has 15 heavy (non-hydrogen) atoms. The Hall–Kier alpha value is -0.670. The average molecular weight is 284 g/mol. The number of benzene rings is 1. The maximum absolute atomic E-state index is 3.93. The molecular formula is C12H14BrNS. The highest BCUT2D eigenvalue weighted by Gasteiger charge is 1.96. The van der Waals surface area contributed by atoms with Crippen LogP contribution in [-0.2, 0) is 0 Å². The second kappa shape index (κ2) is 6.03. The van der Waals surface area contributed by atoms with E-state index >= 15 is 0 Å². The fourth-order valence-corrected chi connectivity index (χ4v) is 1.91. The van der Waals surface area contributed by atoms with Gasteiger partial charge in [0.1, 0.15) is 0 Å². The van der Waals surface area contributed by atoms with Crippen molar-refractivity contribution in [3.8, 4) is 0 Å². The topological polar surface area (TPSA) is 12.0 Å². The van der Waals surface area contributed by atoms with Crippen LogP contribution in [0.25, 0.3) is 0 Å². The number of allylic oxidation sites excluding steroid dienone is 1. The third kappa shape index (κ3) is 4.58. The summed E-state index contributed by atoms with van der Waals surface area (Å²) >= 11 is 5.02. The largest absolute Gasteiger partial charge is 0.329 e. The Morgan fingerprint density at radius 1 is 1.33 bits per heavy atom. The minimum atomic E-state index is 0.853. The first-order chi connectivity index (χ1) is 7.09. The van der Waals surface area contributed by atoms with Gasteiger partial charge in [0.25, 0.3) is 0 Å². The normalized spacial score (nSPS) is 9.73. The zero-order valence-corrected chi connectivity index (χ0v) is 11.1. The van der Waals surface area contributed by atoms with E-state index in [4.69, 9.17) is 0 Å². The average Bonchev–Trinajstić information content (AvgIpc) is 2.20. The van der Waals surface area contributed by atoms with Gasteiger partial charge < -0.3 is 4.72 Å². The quantitative estimate of drug-likeness (QED) is 0.624. The molecule has 0 amide bonds. The van der Waals surface area contributed by atoms with Crippen molar-refractivity contribution < 1.29 is 0 Å². The Bertz CT molecular complexity index is 356. The van der Waals surface area contributed by atoms with Gasteiger partial charge in [0.15, 0.2) is 0 Å². The monoisotopic (exact) mass is 283 g/mol. The smallest absolute Gasteiger partial charge is 0.0440 e. The maximum Gasteiger partial charge on any atom is 0.0440 e. The van der Waals surface area contributed by atoms with Gasteiger partial charge in [-0.15, -0.1) is 0 Å². The van der Waals surface area contributed by atoms with Crippen LogP contribution in [0.1, 0.15) is 6.92 Å². The predicted molar refractivity (Wildman–Crippen MR) is 74.2 cm³/mol. The van der Waals surface area contributed by atoms with Crippen LogP contribution in [0.15, 0.2) is 53.0 Å². The van der Waals surface area contributed by atoms with Crippen LogP contribution in [0, 0.1) is 0 Å². The van der Waals surface area contributed by atoms with E-state index in [9.17, 15) is 0 Å². The zero-order chi connectivity index (χ0) is 11.3. The Balaban J connectivity index is 2.35. The van der Waals surface area contributed by atoms with Crippen molar-refractivity contribution in [1.82, 2.24) is 0 Å². The standard InChI is InChI=1S/C12H14BrNS/c1-9(2)10(3)8-15-14-12-6-4-11(13)5-7-12/h4-7,14H,1,3,8H2,2H3. The van der Waals surface area contributed by atoms with Gasteiger partial charge in [-0.25, -0.2) is 0 Å². The number of hydrogen-bond donors (Lipinski definition) is 1. The van der Waals surface area contributed by atoms with Gasteiger partial charge in [0.2, 0.25) is 0 Å². The lowest BCUT2D eigenvalue weighted by atomic mass is 10.2. The highest BCUT2D eigenvalue weighted by Crippen LogP contribution is 2.19. The predicted octanol–water partition coefficient (Wildman–Crippen LogP) is 4.64. The minimum absolute atomic E-state index is 0.853. The van der Waals surface area contributed by atoms with Crippen LogP contribution in [-0.4, -0.2) is 5.75 Å². The third-order valence-electron chi connectivity index (χ3n) is 1.88. The molecule has 1 rings (SSSR count). The summed E-state index contributed by atoms with van der Waals surface area (Å²) in [7, 11) is 0. The molecule has 0 radical (unpaired) electrons. The molecule has 1 N–H and O–H groups in total. The van der Waals surface area contributed by atoms with Crippen molar-refractivity contribution in [2.45, 2.75) is 6.92 Å². The van der Waals surface area contributed by atoms with Gasteiger partial charge in [-0.1, -0.05) is 34.7 Å². The fraction of sp³-hybridized carbons (Fsp3) is 0.167. The van der Waals surface area contributed by atoms with Crippen molar-refractivity contribution in [1.29, 1.82) is 0 Å². The van der Waals surface area contributed by atoms with Crippen molar-refractivity contribution in [3.05, 3.63) is 53.0 Å². The lowest BCUT2D eigenvalue weighted by Crippen LogP contribution is -1.92. The SMILES string of the molecule is C=C(C)C(=C)CSNc1ccc(Br)cc1. The second-order valence-corrected chi connectivity index (χ2v) is 4.98. The molecule has 0 heterocycles. The molecule has 3 heteroatoms. The van der Waals surface area contributed by atoms with Crippen LogP contribution in [0.5, 0.6) is 0 Å². The number of hydrogen-bond acceptors (Lipinski definition) is 2. The molecule has 0 bridgehead atoms. The summed E-state index contributed by atoms with van der Waals surface area (Å²) in [6.45, 7) is 9.75. The van der Waals surface area contributed by atoms with Crippen LogP contribution in [0.2, 0.25) is 0 Å². The van der Waals surface area contributed by atoms with E-state index in [0.717, 1.165) is 27.1 Å². The molecule has 0 spiro atoms. The molecule has 0 aliphatic rings. The lowest BCUT2D eigenvalue weighted by Gasteiger charge is -2.07. The molecule has 0 aliphatic carbocycles. The lowest BCUT2D eigenvalue weighted by molar-refractivity contribution is 1.40. The van der Waals surface area contributed by atoms with Gasteiger partial charge in [-0.2, -0.15) is 0 Å². The van der Waals surface area contributed by atoms with E-state index in [1.807, 2.05) is 31.2 Å². The highest BCUT2D eigenvalue weighted by molar-refractivity contribution is 9.10. The summed E-state index contributed by atoms with van der Waals surface area (Å²) in [4.78, 5) is 0.